The number of fused-ring (bicyclic) bond motifs is 1. The lowest BCUT2D eigenvalue weighted by Crippen LogP contribution is -2.47. The average Bonchev–Trinajstić information content (AvgIpc) is 2.68. The van der Waals surface area contributed by atoms with Crippen molar-refractivity contribution in [3.63, 3.8) is 0 Å². The summed E-state index contributed by atoms with van der Waals surface area (Å²) in [5.74, 6) is 0.824. The maximum absolute atomic E-state index is 8.81. The highest BCUT2D eigenvalue weighted by molar-refractivity contribution is 5.93. The van der Waals surface area contributed by atoms with E-state index in [-0.39, 0.29) is 0 Å². The molecule has 6 heteroatoms. The molecule has 24 heavy (non-hydrogen) atoms. The molecule has 3 heterocycles. The van der Waals surface area contributed by atoms with Gasteiger partial charge >= 0.3 is 0 Å². The Balaban J connectivity index is 1.52. The van der Waals surface area contributed by atoms with E-state index in [4.69, 9.17) is 5.26 Å². The van der Waals surface area contributed by atoms with Crippen LogP contribution in [-0.4, -0.2) is 41.1 Å². The van der Waals surface area contributed by atoms with E-state index in [2.05, 4.69) is 43.0 Å². The third kappa shape index (κ3) is 2.61. The van der Waals surface area contributed by atoms with Crippen LogP contribution in [0.1, 0.15) is 5.69 Å². The number of aromatic nitrogens is 3. The first-order valence-corrected chi connectivity index (χ1v) is 7.90. The summed E-state index contributed by atoms with van der Waals surface area (Å²) in [4.78, 5) is 17.4. The van der Waals surface area contributed by atoms with Crippen LogP contribution in [0.25, 0.3) is 10.8 Å². The summed E-state index contributed by atoms with van der Waals surface area (Å²) in [6.07, 6.45) is 7.05. The predicted molar refractivity (Wildman–Crippen MR) is 92.9 cm³/mol. The van der Waals surface area contributed by atoms with Gasteiger partial charge in [-0.3, -0.25) is 4.98 Å². The molecule has 118 valence electrons. The van der Waals surface area contributed by atoms with Crippen LogP contribution in [0.5, 0.6) is 0 Å². The van der Waals surface area contributed by atoms with Gasteiger partial charge in [0.2, 0.25) is 0 Å². The van der Waals surface area contributed by atoms with Crippen molar-refractivity contribution in [2.75, 3.05) is 36.0 Å². The Morgan fingerprint density at radius 3 is 2.42 bits per heavy atom. The molecule has 0 unspecified atom stereocenters. The van der Waals surface area contributed by atoms with Crippen molar-refractivity contribution in [2.45, 2.75) is 0 Å². The molecule has 2 aromatic heterocycles. The standard InChI is InChI=1S/C18H16N6/c19-9-15-11-22-18(13-21-15)24-7-5-23(6-8-24)17-12-20-10-14-3-1-2-4-16(14)17/h1-4,10-13H,5-8H2. The van der Waals surface area contributed by atoms with E-state index in [9.17, 15) is 0 Å². The minimum absolute atomic E-state index is 0.346. The second-order valence-corrected chi connectivity index (χ2v) is 5.73. The first-order valence-electron chi connectivity index (χ1n) is 7.90. The normalized spacial score (nSPS) is 14.6. The summed E-state index contributed by atoms with van der Waals surface area (Å²) in [6, 6.07) is 10.3. The lowest BCUT2D eigenvalue weighted by Gasteiger charge is -2.36. The molecule has 0 N–H and O–H groups in total. The third-order valence-electron chi connectivity index (χ3n) is 4.34. The molecule has 0 aliphatic carbocycles. The molecule has 6 nitrogen and oxygen atoms in total. The van der Waals surface area contributed by atoms with Crippen molar-refractivity contribution in [3.8, 4) is 6.07 Å². The number of hydrogen-bond donors (Lipinski definition) is 0. The molecule has 1 aromatic carbocycles. The van der Waals surface area contributed by atoms with Crippen molar-refractivity contribution < 1.29 is 0 Å². The zero-order chi connectivity index (χ0) is 16.4. The molecule has 1 aliphatic rings. The van der Waals surface area contributed by atoms with Crippen LogP contribution in [0.4, 0.5) is 11.5 Å². The first-order chi connectivity index (χ1) is 11.8. The van der Waals surface area contributed by atoms with E-state index in [0.29, 0.717) is 5.69 Å². The highest BCUT2D eigenvalue weighted by atomic mass is 15.3. The summed E-state index contributed by atoms with van der Waals surface area (Å²) in [5.41, 5.74) is 1.53. The predicted octanol–water partition coefficient (Wildman–Crippen LogP) is 2.22. The topological polar surface area (TPSA) is 68.9 Å². The molecule has 0 radical (unpaired) electrons. The van der Waals surface area contributed by atoms with Gasteiger partial charge in [-0.15, -0.1) is 0 Å². The molecule has 3 aromatic rings. The van der Waals surface area contributed by atoms with Gasteiger partial charge in [-0.1, -0.05) is 24.3 Å². The maximum Gasteiger partial charge on any atom is 0.158 e. The smallest absolute Gasteiger partial charge is 0.158 e. The minimum Gasteiger partial charge on any atom is -0.366 e. The van der Waals surface area contributed by atoms with E-state index >= 15 is 0 Å². The maximum atomic E-state index is 8.81. The molecule has 0 spiro atoms. The number of piperazine rings is 1. The van der Waals surface area contributed by atoms with Crippen LogP contribution >= 0.6 is 0 Å². The molecule has 0 saturated carbocycles. The SMILES string of the molecule is N#Cc1cnc(N2CCN(c3cncc4ccccc34)CC2)cn1. The van der Waals surface area contributed by atoms with Crippen molar-refractivity contribution in [1.82, 2.24) is 15.0 Å². The fourth-order valence-corrected chi connectivity index (χ4v) is 3.07. The van der Waals surface area contributed by atoms with Crippen LogP contribution in [-0.2, 0) is 0 Å². The van der Waals surface area contributed by atoms with Crippen molar-refractivity contribution >= 4 is 22.3 Å². The highest BCUT2D eigenvalue weighted by Gasteiger charge is 2.20. The van der Waals surface area contributed by atoms with Crippen LogP contribution in [0.15, 0.2) is 49.1 Å². The number of hydrogen-bond acceptors (Lipinski definition) is 6. The van der Waals surface area contributed by atoms with E-state index in [1.54, 1.807) is 6.20 Å². The summed E-state index contributed by atoms with van der Waals surface area (Å²) in [6.45, 7) is 3.53. The molecular weight excluding hydrogens is 300 g/mol. The van der Waals surface area contributed by atoms with Gasteiger partial charge in [0.1, 0.15) is 11.9 Å². The summed E-state index contributed by atoms with van der Waals surface area (Å²) >= 11 is 0. The molecule has 0 atom stereocenters. The lowest BCUT2D eigenvalue weighted by atomic mass is 10.1. The van der Waals surface area contributed by atoms with E-state index in [1.165, 1.54) is 17.3 Å². The first kappa shape index (κ1) is 14.4. The molecule has 4 rings (SSSR count). The van der Waals surface area contributed by atoms with Crippen molar-refractivity contribution in [1.29, 1.82) is 5.26 Å². The summed E-state index contributed by atoms with van der Waals surface area (Å²) < 4.78 is 0. The minimum atomic E-state index is 0.346. The van der Waals surface area contributed by atoms with Gasteiger partial charge in [0.15, 0.2) is 5.69 Å². The van der Waals surface area contributed by atoms with Gasteiger partial charge in [-0.25, -0.2) is 9.97 Å². The average molecular weight is 316 g/mol. The zero-order valence-corrected chi connectivity index (χ0v) is 13.1. The second kappa shape index (κ2) is 6.13. The Hall–Kier alpha value is -3.20. The van der Waals surface area contributed by atoms with E-state index < -0.39 is 0 Å². The Morgan fingerprint density at radius 2 is 1.67 bits per heavy atom. The number of pyridine rings is 1. The van der Waals surface area contributed by atoms with Crippen LogP contribution in [0.2, 0.25) is 0 Å². The number of nitriles is 1. The highest BCUT2D eigenvalue weighted by Crippen LogP contribution is 2.26. The Kier molecular flexibility index (Phi) is 3.67. The molecule has 1 saturated heterocycles. The van der Waals surface area contributed by atoms with Crippen LogP contribution in [0.3, 0.4) is 0 Å². The summed E-state index contributed by atoms with van der Waals surface area (Å²) in [7, 11) is 0. The van der Waals surface area contributed by atoms with Gasteiger partial charge in [-0.05, 0) is 0 Å². The van der Waals surface area contributed by atoms with Crippen LogP contribution in [0, 0.1) is 11.3 Å². The van der Waals surface area contributed by atoms with E-state index in [1.807, 2.05) is 24.5 Å². The Bertz CT molecular complexity index is 886. The zero-order valence-electron chi connectivity index (χ0n) is 13.1. The van der Waals surface area contributed by atoms with Gasteiger partial charge in [0, 0.05) is 43.1 Å². The fraction of sp³-hybridized carbons (Fsp3) is 0.222. The van der Waals surface area contributed by atoms with Gasteiger partial charge in [-0.2, -0.15) is 5.26 Å². The van der Waals surface area contributed by atoms with Gasteiger partial charge in [0.25, 0.3) is 0 Å². The Labute approximate surface area is 140 Å². The molecule has 1 aliphatic heterocycles. The largest absolute Gasteiger partial charge is 0.366 e. The van der Waals surface area contributed by atoms with E-state index in [0.717, 1.165) is 37.4 Å². The summed E-state index contributed by atoms with van der Waals surface area (Å²) in [5, 5.41) is 11.2. The molecular formula is C18H16N6. The van der Waals surface area contributed by atoms with Crippen molar-refractivity contribution in [3.05, 3.63) is 54.7 Å². The fourth-order valence-electron chi connectivity index (χ4n) is 3.07. The number of anilines is 2. The molecule has 0 amide bonds. The quantitative estimate of drug-likeness (QED) is 0.722. The number of nitrogens with zero attached hydrogens (tertiary/aromatic N) is 6. The lowest BCUT2D eigenvalue weighted by molar-refractivity contribution is 0.647. The second-order valence-electron chi connectivity index (χ2n) is 5.73. The monoisotopic (exact) mass is 316 g/mol. The number of rotatable bonds is 2. The van der Waals surface area contributed by atoms with Gasteiger partial charge < -0.3 is 9.80 Å². The third-order valence-corrected chi connectivity index (χ3v) is 4.34. The molecule has 0 bridgehead atoms. The Morgan fingerprint density at radius 1 is 0.875 bits per heavy atom. The van der Waals surface area contributed by atoms with Gasteiger partial charge in [0.05, 0.1) is 24.3 Å². The number of benzene rings is 1. The molecule has 1 fully saturated rings. The van der Waals surface area contributed by atoms with Crippen LogP contribution < -0.4 is 9.80 Å². The van der Waals surface area contributed by atoms with Crippen molar-refractivity contribution in [2.24, 2.45) is 0 Å².